The zero-order valence-electron chi connectivity index (χ0n) is 12.7. The number of hydrogen-bond donors (Lipinski definition) is 4. The average molecular weight is 344 g/mol. The summed E-state index contributed by atoms with van der Waals surface area (Å²) in [5.41, 5.74) is 0.382. The lowest BCUT2D eigenvalue weighted by molar-refractivity contribution is -0.165. The van der Waals surface area contributed by atoms with Gasteiger partial charge in [-0.1, -0.05) is 23.9 Å². The number of nitrogens with one attached hydrogen (secondary N) is 2. The molecule has 4 atom stereocenters. The Bertz CT molecular complexity index is 517. The van der Waals surface area contributed by atoms with E-state index in [1.54, 1.807) is 19.2 Å². The van der Waals surface area contributed by atoms with E-state index in [4.69, 9.17) is 14.9 Å². The largest absolute Gasteiger partial charge is 0.390 e. The monoisotopic (exact) mass is 344 g/mol. The molecule has 0 amide bonds. The molecule has 1 aliphatic rings. The van der Waals surface area contributed by atoms with Crippen molar-refractivity contribution in [3.05, 3.63) is 35.6 Å². The second kappa shape index (κ2) is 8.60. The van der Waals surface area contributed by atoms with Crippen LogP contribution in [-0.2, 0) is 16.1 Å². The van der Waals surface area contributed by atoms with E-state index < -0.39 is 23.7 Å². The van der Waals surface area contributed by atoms with Crippen LogP contribution in [0.25, 0.3) is 0 Å². The summed E-state index contributed by atoms with van der Waals surface area (Å²) < 4.78 is 24.0. The van der Waals surface area contributed by atoms with Gasteiger partial charge >= 0.3 is 0 Å². The molecule has 0 spiro atoms. The molecule has 1 heterocycles. The molecule has 6 nitrogen and oxygen atoms in total. The lowest BCUT2D eigenvalue weighted by Gasteiger charge is -2.36. The van der Waals surface area contributed by atoms with Gasteiger partial charge in [0, 0.05) is 13.5 Å². The van der Waals surface area contributed by atoms with Gasteiger partial charge < -0.3 is 25.0 Å². The van der Waals surface area contributed by atoms with Gasteiger partial charge in [0.25, 0.3) is 0 Å². The molecule has 4 N–H and O–H groups in total. The number of halogens is 1. The molecule has 1 aliphatic heterocycles. The molecule has 0 bridgehead atoms. The normalized spacial score (nSPS) is 27.7. The number of rotatable bonds is 5. The van der Waals surface area contributed by atoms with Crippen molar-refractivity contribution >= 4 is 16.9 Å². The van der Waals surface area contributed by atoms with Gasteiger partial charge in [0.05, 0.1) is 19.3 Å². The van der Waals surface area contributed by atoms with Crippen LogP contribution in [0.1, 0.15) is 12.0 Å². The number of benzene rings is 1. The topological polar surface area (TPSA) is 94.8 Å². The van der Waals surface area contributed by atoms with Gasteiger partial charge in [-0.2, -0.15) is 0 Å². The maximum absolute atomic E-state index is 12.8. The molecular weight excluding hydrogens is 323 g/mol. The third-order valence-electron chi connectivity index (χ3n) is 3.48. The van der Waals surface area contributed by atoms with Crippen molar-refractivity contribution in [2.24, 2.45) is 0 Å². The lowest BCUT2D eigenvalue weighted by Crippen LogP contribution is -2.49. The predicted octanol–water partition coefficient (Wildman–Crippen LogP) is 1.07. The summed E-state index contributed by atoms with van der Waals surface area (Å²) in [6.07, 6.45) is -2.40. The molecule has 2 unspecified atom stereocenters. The number of ether oxygens (including phenoxy) is 2. The van der Waals surface area contributed by atoms with Crippen LogP contribution in [0.5, 0.6) is 0 Å². The highest BCUT2D eigenvalue weighted by molar-refractivity contribution is 8.14. The summed E-state index contributed by atoms with van der Waals surface area (Å²) >= 11 is 1.14. The first-order valence-corrected chi connectivity index (χ1v) is 8.14. The Morgan fingerprint density at radius 3 is 2.78 bits per heavy atom. The lowest BCUT2D eigenvalue weighted by atomic mass is 10.0. The molecule has 1 saturated heterocycles. The van der Waals surface area contributed by atoms with E-state index in [1.807, 2.05) is 0 Å². The van der Waals surface area contributed by atoms with Crippen molar-refractivity contribution in [1.82, 2.24) is 5.32 Å². The summed E-state index contributed by atoms with van der Waals surface area (Å²) in [4.78, 5) is 0. The third kappa shape index (κ3) is 5.43. The minimum absolute atomic E-state index is 0.0968. The second-order valence-electron chi connectivity index (χ2n) is 5.24. The minimum Gasteiger partial charge on any atom is -0.390 e. The SMILES string of the molecule is CNC(=N)S[C@@H]1CC(O)[C@H](O)C(COCc2ccc(F)cc2)O1. The maximum atomic E-state index is 12.8. The van der Waals surface area contributed by atoms with Crippen LogP contribution in [0.15, 0.2) is 24.3 Å². The van der Waals surface area contributed by atoms with E-state index in [0.717, 1.165) is 17.3 Å². The number of thioether (sulfide) groups is 1. The Balaban J connectivity index is 1.84. The standard InChI is InChI=1S/C15H21FN2O4S/c1-18-15(17)23-13-6-11(19)14(20)12(22-13)8-21-7-9-2-4-10(16)5-3-9/h2-5,11-14,19-20H,6-8H2,1H3,(H2,17,18)/t11?,12?,13-,14+/m1/s1. The fraction of sp³-hybridized carbons (Fsp3) is 0.533. The van der Waals surface area contributed by atoms with Crippen molar-refractivity contribution in [3.63, 3.8) is 0 Å². The highest BCUT2D eigenvalue weighted by Crippen LogP contribution is 2.28. The molecule has 23 heavy (non-hydrogen) atoms. The van der Waals surface area contributed by atoms with E-state index in [2.05, 4.69) is 5.32 Å². The Morgan fingerprint density at radius 1 is 1.43 bits per heavy atom. The molecule has 128 valence electrons. The second-order valence-corrected chi connectivity index (χ2v) is 6.41. The van der Waals surface area contributed by atoms with E-state index in [0.29, 0.717) is 0 Å². The average Bonchev–Trinajstić information content (AvgIpc) is 2.53. The summed E-state index contributed by atoms with van der Waals surface area (Å²) in [6.45, 7) is 0.354. The summed E-state index contributed by atoms with van der Waals surface area (Å²) in [5.74, 6) is -0.310. The minimum atomic E-state index is -1.04. The quantitative estimate of drug-likeness (QED) is 0.471. The van der Waals surface area contributed by atoms with Gasteiger partial charge in [-0.05, 0) is 17.7 Å². The van der Waals surface area contributed by atoms with Gasteiger partial charge in [-0.25, -0.2) is 4.39 Å². The molecular formula is C15H21FN2O4S. The van der Waals surface area contributed by atoms with Gasteiger partial charge in [0.2, 0.25) is 0 Å². The summed E-state index contributed by atoms with van der Waals surface area (Å²) in [6, 6.07) is 5.94. The molecule has 0 radical (unpaired) electrons. The maximum Gasteiger partial charge on any atom is 0.155 e. The fourth-order valence-corrected chi connectivity index (χ4v) is 3.07. The van der Waals surface area contributed by atoms with Gasteiger partial charge in [0.15, 0.2) is 5.17 Å². The summed E-state index contributed by atoms with van der Waals surface area (Å²) in [7, 11) is 1.63. The van der Waals surface area contributed by atoms with Gasteiger partial charge in [0.1, 0.15) is 23.5 Å². The molecule has 0 saturated carbocycles. The number of aliphatic hydroxyl groups is 2. The Labute approximate surface area is 138 Å². The van der Waals surface area contributed by atoms with Gasteiger partial charge in [-0.15, -0.1) is 0 Å². The van der Waals surface area contributed by atoms with E-state index >= 15 is 0 Å². The molecule has 1 aromatic rings. The zero-order valence-corrected chi connectivity index (χ0v) is 13.6. The number of aliphatic hydroxyl groups excluding tert-OH is 2. The number of hydrogen-bond acceptors (Lipinski definition) is 6. The molecule has 1 aromatic carbocycles. The first-order valence-electron chi connectivity index (χ1n) is 7.26. The fourth-order valence-electron chi connectivity index (χ4n) is 2.19. The third-order valence-corrected chi connectivity index (χ3v) is 4.48. The van der Waals surface area contributed by atoms with Crippen molar-refractivity contribution < 1.29 is 24.1 Å². The van der Waals surface area contributed by atoms with E-state index in [1.165, 1.54) is 12.1 Å². The first kappa shape index (κ1) is 18.2. The highest BCUT2D eigenvalue weighted by atomic mass is 32.2. The first-order chi connectivity index (χ1) is 11.0. The van der Waals surface area contributed by atoms with Crippen molar-refractivity contribution in [2.45, 2.75) is 36.8 Å². The van der Waals surface area contributed by atoms with Crippen LogP contribution in [-0.4, -0.2) is 52.8 Å². The van der Waals surface area contributed by atoms with Crippen LogP contribution in [0.4, 0.5) is 4.39 Å². The van der Waals surface area contributed by atoms with Crippen LogP contribution in [0.2, 0.25) is 0 Å². The van der Waals surface area contributed by atoms with Crippen LogP contribution >= 0.6 is 11.8 Å². The van der Waals surface area contributed by atoms with Crippen LogP contribution in [0, 0.1) is 11.2 Å². The van der Waals surface area contributed by atoms with E-state index in [9.17, 15) is 14.6 Å². The Kier molecular flexibility index (Phi) is 6.79. The van der Waals surface area contributed by atoms with Crippen LogP contribution < -0.4 is 5.32 Å². The molecule has 1 fully saturated rings. The van der Waals surface area contributed by atoms with Crippen LogP contribution in [0.3, 0.4) is 0 Å². The van der Waals surface area contributed by atoms with Gasteiger partial charge in [-0.3, -0.25) is 5.41 Å². The molecule has 0 aromatic heterocycles. The van der Waals surface area contributed by atoms with Crippen molar-refractivity contribution in [3.8, 4) is 0 Å². The summed E-state index contributed by atoms with van der Waals surface area (Å²) in [5, 5.41) is 30.4. The molecule has 2 rings (SSSR count). The smallest absolute Gasteiger partial charge is 0.155 e. The number of amidine groups is 1. The highest BCUT2D eigenvalue weighted by Gasteiger charge is 2.37. The Morgan fingerprint density at radius 2 is 2.13 bits per heavy atom. The Hall–Kier alpha value is -1.19. The van der Waals surface area contributed by atoms with Crippen molar-refractivity contribution in [1.29, 1.82) is 5.41 Å². The zero-order chi connectivity index (χ0) is 16.8. The predicted molar refractivity (Wildman–Crippen MR) is 85.7 cm³/mol. The van der Waals surface area contributed by atoms with E-state index in [-0.39, 0.29) is 30.6 Å². The molecule has 0 aliphatic carbocycles. The van der Waals surface area contributed by atoms with Crippen molar-refractivity contribution in [2.75, 3.05) is 13.7 Å². The molecule has 8 heteroatoms.